The van der Waals surface area contributed by atoms with Crippen molar-refractivity contribution in [1.29, 1.82) is 0 Å². The zero-order chi connectivity index (χ0) is 36.1. The number of fused-ring (bicyclic) bond motifs is 3. The number of benzene rings is 7. The van der Waals surface area contributed by atoms with Crippen molar-refractivity contribution in [2.75, 3.05) is 0 Å². The van der Waals surface area contributed by atoms with E-state index in [0.29, 0.717) is 28.6 Å². The fourth-order valence-electron chi connectivity index (χ4n) is 7.29. The smallest absolute Gasteiger partial charge is 0.166 e. The molecule has 254 valence electrons. The van der Waals surface area contributed by atoms with Gasteiger partial charge < -0.3 is 4.57 Å². The van der Waals surface area contributed by atoms with Crippen molar-refractivity contribution in [1.82, 2.24) is 19.5 Å². The summed E-state index contributed by atoms with van der Waals surface area (Å²) in [6, 6.07) is 50.9. The molecule has 0 N–H and O–H groups in total. The Balaban J connectivity index is 1.34. The number of aromatic nitrogens is 4. The Hall–Kier alpha value is -6.79. The first-order valence-electron chi connectivity index (χ1n) is 17.5. The maximum Gasteiger partial charge on any atom is 0.166 e. The summed E-state index contributed by atoms with van der Waals surface area (Å²) in [6.07, 6.45) is 0. The molecular formula is C47H32F2N4. The summed E-state index contributed by atoms with van der Waals surface area (Å²) >= 11 is 0. The molecule has 0 radical (unpaired) electrons. The highest BCUT2D eigenvalue weighted by Gasteiger charge is 2.22. The van der Waals surface area contributed by atoms with Crippen LogP contribution in [0.3, 0.4) is 0 Å². The van der Waals surface area contributed by atoms with Gasteiger partial charge in [-0.15, -0.1) is 0 Å². The Morgan fingerprint density at radius 3 is 1.72 bits per heavy atom. The fraction of sp³-hybridized carbons (Fsp3) is 0.0426. The van der Waals surface area contributed by atoms with Gasteiger partial charge in [-0.1, -0.05) is 132 Å². The van der Waals surface area contributed by atoms with E-state index in [4.69, 9.17) is 15.0 Å². The van der Waals surface area contributed by atoms with Crippen molar-refractivity contribution in [2.24, 2.45) is 0 Å². The van der Waals surface area contributed by atoms with Gasteiger partial charge in [-0.25, -0.2) is 23.7 Å². The van der Waals surface area contributed by atoms with E-state index >= 15 is 4.39 Å². The zero-order valence-electron chi connectivity index (χ0n) is 29.1. The quantitative estimate of drug-likeness (QED) is 0.174. The van der Waals surface area contributed by atoms with Crippen LogP contribution < -0.4 is 0 Å². The minimum absolute atomic E-state index is 0.152. The van der Waals surface area contributed by atoms with E-state index in [2.05, 4.69) is 73.0 Å². The molecule has 4 nitrogen and oxygen atoms in total. The van der Waals surface area contributed by atoms with Gasteiger partial charge >= 0.3 is 0 Å². The largest absolute Gasteiger partial charge is 0.309 e. The van der Waals surface area contributed by atoms with Crippen LogP contribution in [0.2, 0.25) is 0 Å². The first-order valence-corrected chi connectivity index (χ1v) is 17.5. The molecule has 0 bridgehead atoms. The number of aryl methyl sites for hydroxylation is 2. The second-order valence-electron chi connectivity index (χ2n) is 13.3. The first-order chi connectivity index (χ1) is 25.9. The van der Waals surface area contributed by atoms with Gasteiger partial charge in [0.1, 0.15) is 0 Å². The average molecular weight is 691 g/mol. The monoisotopic (exact) mass is 690 g/mol. The predicted octanol–water partition coefficient (Wildman–Crippen LogP) is 12.2. The van der Waals surface area contributed by atoms with Gasteiger partial charge in [0.2, 0.25) is 0 Å². The standard InChI is InChI=1S/C47H32F2N4/c1-29-24-30(2)26-35(25-29)33-20-22-42-38(27-33)37-16-9-10-19-41(37)53(42)43-23-21-34(36-17-11-18-40(48)44(36)49)28-39(43)47-51-45(31-12-5-3-6-13-31)50-46(52-47)32-14-7-4-8-15-32/h3-28H,1-2H3. The Morgan fingerprint density at radius 2 is 1.02 bits per heavy atom. The second kappa shape index (κ2) is 13.1. The summed E-state index contributed by atoms with van der Waals surface area (Å²) in [5.41, 5.74) is 10.4. The molecule has 0 fully saturated rings. The molecule has 0 saturated carbocycles. The molecule has 2 heterocycles. The second-order valence-corrected chi connectivity index (χ2v) is 13.3. The Labute approximate surface area is 305 Å². The summed E-state index contributed by atoms with van der Waals surface area (Å²) in [4.78, 5) is 15.1. The van der Waals surface area contributed by atoms with E-state index < -0.39 is 11.6 Å². The van der Waals surface area contributed by atoms with Crippen LogP contribution in [0.1, 0.15) is 11.1 Å². The van der Waals surface area contributed by atoms with Crippen LogP contribution in [0.25, 0.3) is 83.9 Å². The van der Waals surface area contributed by atoms with Gasteiger partial charge in [0.15, 0.2) is 29.1 Å². The third kappa shape index (κ3) is 5.84. The maximum absolute atomic E-state index is 15.4. The maximum atomic E-state index is 15.4. The summed E-state index contributed by atoms with van der Waals surface area (Å²) < 4.78 is 32.2. The Morgan fingerprint density at radius 1 is 0.415 bits per heavy atom. The number of nitrogens with zero attached hydrogens (tertiary/aromatic N) is 4. The minimum Gasteiger partial charge on any atom is -0.309 e. The van der Waals surface area contributed by atoms with E-state index in [1.165, 1.54) is 17.2 Å². The summed E-state index contributed by atoms with van der Waals surface area (Å²) in [7, 11) is 0. The number of halogens is 2. The number of hydrogen-bond donors (Lipinski definition) is 0. The molecule has 9 aromatic rings. The van der Waals surface area contributed by atoms with E-state index in [-0.39, 0.29) is 5.56 Å². The number of para-hydroxylation sites is 1. The molecule has 0 unspecified atom stereocenters. The van der Waals surface area contributed by atoms with Gasteiger partial charge in [-0.3, -0.25) is 0 Å². The molecule has 0 aliphatic carbocycles. The fourth-order valence-corrected chi connectivity index (χ4v) is 7.29. The molecule has 0 atom stereocenters. The van der Waals surface area contributed by atoms with Crippen LogP contribution >= 0.6 is 0 Å². The van der Waals surface area contributed by atoms with Crippen molar-refractivity contribution >= 4 is 21.8 Å². The van der Waals surface area contributed by atoms with Crippen LogP contribution in [0, 0.1) is 25.5 Å². The van der Waals surface area contributed by atoms with Gasteiger partial charge in [0, 0.05) is 33.0 Å². The van der Waals surface area contributed by atoms with Crippen molar-refractivity contribution < 1.29 is 8.78 Å². The van der Waals surface area contributed by atoms with Crippen LogP contribution in [-0.2, 0) is 0 Å². The molecule has 9 rings (SSSR count). The summed E-state index contributed by atoms with van der Waals surface area (Å²) in [5.74, 6) is -0.407. The molecule has 0 amide bonds. The first kappa shape index (κ1) is 32.1. The third-order valence-corrected chi connectivity index (χ3v) is 9.67. The minimum atomic E-state index is -0.910. The van der Waals surface area contributed by atoms with Crippen LogP contribution in [-0.4, -0.2) is 19.5 Å². The lowest BCUT2D eigenvalue weighted by molar-refractivity contribution is 0.511. The molecule has 0 spiro atoms. The van der Waals surface area contributed by atoms with E-state index in [1.54, 1.807) is 6.07 Å². The molecule has 0 aliphatic rings. The molecule has 0 aliphatic heterocycles. The Bertz CT molecular complexity index is 2750. The summed E-state index contributed by atoms with van der Waals surface area (Å²) in [5, 5.41) is 2.18. The van der Waals surface area contributed by atoms with Crippen molar-refractivity contribution in [3.63, 3.8) is 0 Å². The van der Waals surface area contributed by atoms with Gasteiger partial charge in [0.25, 0.3) is 0 Å². The average Bonchev–Trinajstić information content (AvgIpc) is 3.52. The SMILES string of the molecule is Cc1cc(C)cc(-c2ccc3c(c2)c2ccccc2n3-c2ccc(-c3cccc(F)c3F)cc2-c2nc(-c3ccccc3)nc(-c3ccccc3)n2)c1. The van der Waals surface area contributed by atoms with Crippen LogP contribution in [0.15, 0.2) is 158 Å². The normalized spacial score (nSPS) is 11.4. The lowest BCUT2D eigenvalue weighted by Crippen LogP contribution is -2.04. The predicted molar refractivity (Wildman–Crippen MR) is 211 cm³/mol. The number of hydrogen-bond acceptors (Lipinski definition) is 3. The lowest BCUT2D eigenvalue weighted by Gasteiger charge is -2.16. The molecule has 7 aromatic carbocycles. The van der Waals surface area contributed by atoms with Gasteiger partial charge in [-0.2, -0.15) is 0 Å². The van der Waals surface area contributed by atoms with Crippen molar-refractivity contribution in [3.8, 4) is 62.1 Å². The van der Waals surface area contributed by atoms with Crippen molar-refractivity contribution in [2.45, 2.75) is 13.8 Å². The van der Waals surface area contributed by atoms with Gasteiger partial charge in [-0.05, 0) is 66.9 Å². The van der Waals surface area contributed by atoms with Crippen molar-refractivity contribution in [3.05, 3.63) is 180 Å². The lowest BCUT2D eigenvalue weighted by atomic mass is 9.99. The van der Waals surface area contributed by atoms with Crippen LogP contribution in [0.4, 0.5) is 8.78 Å². The molecule has 2 aromatic heterocycles. The molecule has 6 heteroatoms. The van der Waals surface area contributed by atoms with E-state index in [9.17, 15) is 4.39 Å². The third-order valence-electron chi connectivity index (χ3n) is 9.67. The summed E-state index contributed by atoms with van der Waals surface area (Å²) in [6.45, 7) is 4.24. The zero-order valence-corrected chi connectivity index (χ0v) is 29.1. The van der Waals surface area contributed by atoms with Crippen LogP contribution in [0.5, 0.6) is 0 Å². The highest BCUT2D eigenvalue weighted by molar-refractivity contribution is 6.11. The number of rotatable bonds is 6. The topological polar surface area (TPSA) is 43.6 Å². The highest BCUT2D eigenvalue weighted by Crippen LogP contribution is 2.40. The molecule has 0 saturated heterocycles. The highest BCUT2D eigenvalue weighted by atomic mass is 19.2. The molecular weight excluding hydrogens is 659 g/mol. The Kier molecular flexibility index (Phi) is 7.93. The van der Waals surface area contributed by atoms with E-state index in [1.807, 2.05) is 84.9 Å². The van der Waals surface area contributed by atoms with E-state index in [0.717, 1.165) is 55.8 Å². The van der Waals surface area contributed by atoms with Gasteiger partial charge in [0.05, 0.1) is 16.7 Å². The molecule has 53 heavy (non-hydrogen) atoms.